The van der Waals surface area contributed by atoms with Crippen LogP contribution < -0.4 is 5.73 Å². The van der Waals surface area contributed by atoms with Gasteiger partial charge in [-0.25, -0.2) is 4.98 Å². The highest BCUT2D eigenvalue weighted by Crippen LogP contribution is 2.16. The number of nitrogens with two attached hydrogens (primary N) is 1. The van der Waals surface area contributed by atoms with Gasteiger partial charge >= 0.3 is 0 Å². The topological polar surface area (TPSA) is 59.2 Å². The molecule has 0 spiro atoms. The molecular formula is C14H18ClN3OS. The van der Waals surface area contributed by atoms with Gasteiger partial charge in [0, 0.05) is 10.9 Å². The molecule has 2 rings (SSSR count). The Balaban J connectivity index is 0.00000200. The van der Waals surface area contributed by atoms with Crippen molar-refractivity contribution in [1.82, 2.24) is 9.88 Å². The maximum absolute atomic E-state index is 12.5. The summed E-state index contributed by atoms with van der Waals surface area (Å²) in [4.78, 5) is 19.5. The average Bonchev–Trinajstić information content (AvgIpc) is 2.88. The summed E-state index contributed by atoms with van der Waals surface area (Å²) in [5, 5.41) is 2.01. The van der Waals surface area contributed by atoms with Crippen molar-refractivity contribution in [2.45, 2.75) is 26.4 Å². The number of amides is 1. The van der Waals surface area contributed by atoms with E-state index in [1.54, 1.807) is 23.5 Å². The molecule has 0 aliphatic carbocycles. The molecule has 0 saturated heterocycles. The lowest BCUT2D eigenvalue weighted by Crippen LogP contribution is -2.36. The zero-order valence-corrected chi connectivity index (χ0v) is 13.1. The molecule has 20 heavy (non-hydrogen) atoms. The van der Waals surface area contributed by atoms with Crippen molar-refractivity contribution >= 4 is 35.3 Å². The van der Waals surface area contributed by atoms with E-state index in [4.69, 9.17) is 5.73 Å². The number of rotatable bonds is 4. The van der Waals surface area contributed by atoms with Gasteiger partial charge in [-0.3, -0.25) is 4.79 Å². The third-order valence-corrected chi connectivity index (χ3v) is 3.66. The highest BCUT2D eigenvalue weighted by atomic mass is 35.5. The fraction of sp³-hybridized carbons (Fsp3) is 0.286. The first-order valence-corrected chi connectivity index (χ1v) is 7.01. The fourth-order valence-electron chi connectivity index (χ4n) is 1.74. The van der Waals surface area contributed by atoms with Gasteiger partial charge in [0.1, 0.15) is 5.69 Å². The van der Waals surface area contributed by atoms with Crippen LogP contribution in [-0.2, 0) is 6.54 Å². The Morgan fingerprint density at radius 3 is 2.65 bits per heavy atom. The number of anilines is 1. The number of nitrogens with zero attached hydrogens (tertiary/aromatic N) is 2. The summed E-state index contributed by atoms with van der Waals surface area (Å²) in [5.41, 5.74) is 6.58. The molecule has 2 aromatic heterocycles. The number of nitrogen functional groups attached to an aromatic ring is 1. The molecule has 2 heterocycles. The average molecular weight is 312 g/mol. The van der Waals surface area contributed by atoms with E-state index >= 15 is 0 Å². The molecule has 0 aliphatic heterocycles. The lowest BCUT2D eigenvalue weighted by atomic mass is 10.2. The van der Waals surface area contributed by atoms with Crippen molar-refractivity contribution in [2.24, 2.45) is 0 Å². The summed E-state index contributed by atoms with van der Waals surface area (Å²) in [7, 11) is 0. The van der Waals surface area contributed by atoms with Gasteiger partial charge in [0.2, 0.25) is 0 Å². The molecule has 0 radical (unpaired) electrons. The number of hydrogen-bond donors (Lipinski definition) is 1. The molecule has 108 valence electrons. The first-order valence-electron chi connectivity index (χ1n) is 6.13. The second-order valence-electron chi connectivity index (χ2n) is 4.58. The number of halogens is 1. The van der Waals surface area contributed by atoms with Gasteiger partial charge in [0.25, 0.3) is 5.91 Å². The number of thiophene rings is 1. The monoisotopic (exact) mass is 311 g/mol. The van der Waals surface area contributed by atoms with E-state index in [9.17, 15) is 4.79 Å². The second-order valence-corrected chi connectivity index (χ2v) is 5.62. The maximum Gasteiger partial charge on any atom is 0.273 e. The fourth-order valence-corrected chi connectivity index (χ4v) is 2.44. The van der Waals surface area contributed by atoms with Crippen molar-refractivity contribution in [3.63, 3.8) is 0 Å². The zero-order valence-electron chi connectivity index (χ0n) is 11.4. The van der Waals surface area contributed by atoms with Crippen LogP contribution in [0, 0.1) is 0 Å². The van der Waals surface area contributed by atoms with E-state index < -0.39 is 0 Å². The van der Waals surface area contributed by atoms with E-state index in [2.05, 4.69) is 4.98 Å². The van der Waals surface area contributed by atoms with Gasteiger partial charge in [-0.2, -0.15) is 0 Å². The first kappa shape index (κ1) is 16.5. The van der Waals surface area contributed by atoms with E-state index in [0.717, 1.165) is 4.88 Å². The van der Waals surface area contributed by atoms with Gasteiger partial charge in [-0.05, 0) is 37.4 Å². The van der Waals surface area contributed by atoms with Crippen LogP contribution >= 0.6 is 23.7 Å². The van der Waals surface area contributed by atoms with E-state index in [-0.39, 0.29) is 24.4 Å². The number of carbonyl (C=O) groups excluding carboxylic acids is 1. The predicted molar refractivity (Wildman–Crippen MR) is 85.2 cm³/mol. The molecule has 2 N–H and O–H groups in total. The van der Waals surface area contributed by atoms with Crippen LogP contribution in [-0.4, -0.2) is 21.8 Å². The Hall–Kier alpha value is -1.59. The van der Waals surface area contributed by atoms with Gasteiger partial charge in [0.15, 0.2) is 0 Å². The first-order chi connectivity index (χ1) is 9.08. The van der Waals surface area contributed by atoms with Crippen LogP contribution in [0.3, 0.4) is 0 Å². The molecule has 0 bridgehead atoms. The quantitative estimate of drug-likeness (QED) is 0.943. The van der Waals surface area contributed by atoms with Crippen LogP contribution in [0.15, 0.2) is 35.8 Å². The van der Waals surface area contributed by atoms with Gasteiger partial charge in [-0.1, -0.05) is 6.07 Å². The van der Waals surface area contributed by atoms with Gasteiger partial charge < -0.3 is 10.6 Å². The minimum Gasteiger partial charge on any atom is -0.397 e. The van der Waals surface area contributed by atoms with E-state index in [0.29, 0.717) is 17.9 Å². The SMILES string of the molecule is CC(C)N(Cc1cccs1)C(=O)c1ccc(N)cn1.Cl. The zero-order chi connectivity index (χ0) is 13.8. The lowest BCUT2D eigenvalue weighted by molar-refractivity contribution is 0.0686. The molecule has 2 aromatic rings. The predicted octanol–water partition coefficient (Wildman–Crippen LogP) is 3.20. The number of carbonyl (C=O) groups is 1. The summed E-state index contributed by atoms with van der Waals surface area (Å²) in [6, 6.07) is 7.51. The summed E-state index contributed by atoms with van der Waals surface area (Å²) < 4.78 is 0. The highest BCUT2D eigenvalue weighted by molar-refractivity contribution is 7.09. The minimum absolute atomic E-state index is 0. The Morgan fingerprint density at radius 2 is 2.15 bits per heavy atom. The van der Waals surface area contributed by atoms with Crippen molar-refractivity contribution < 1.29 is 4.79 Å². The molecule has 6 heteroatoms. The highest BCUT2D eigenvalue weighted by Gasteiger charge is 2.20. The third kappa shape index (κ3) is 3.95. The molecule has 0 atom stereocenters. The smallest absolute Gasteiger partial charge is 0.273 e. The Labute approximate surface area is 129 Å². The van der Waals surface area contributed by atoms with E-state index in [1.807, 2.05) is 36.3 Å². The van der Waals surface area contributed by atoms with Crippen molar-refractivity contribution in [3.8, 4) is 0 Å². The van der Waals surface area contributed by atoms with Crippen LogP contribution in [0.4, 0.5) is 5.69 Å². The summed E-state index contributed by atoms with van der Waals surface area (Å²) in [6.07, 6.45) is 1.51. The van der Waals surface area contributed by atoms with Crippen molar-refractivity contribution in [3.05, 3.63) is 46.4 Å². The molecule has 0 fully saturated rings. The van der Waals surface area contributed by atoms with Crippen molar-refractivity contribution in [1.29, 1.82) is 0 Å². The van der Waals surface area contributed by atoms with Crippen LogP contribution in [0.1, 0.15) is 29.2 Å². The summed E-state index contributed by atoms with van der Waals surface area (Å²) >= 11 is 1.65. The molecule has 4 nitrogen and oxygen atoms in total. The molecular weight excluding hydrogens is 294 g/mol. The second kappa shape index (κ2) is 7.26. The third-order valence-electron chi connectivity index (χ3n) is 2.80. The van der Waals surface area contributed by atoms with Crippen LogP contribution in [0.5, 0.6) is 0 Å². The van der Waals surface area contributed by atoms with E-state index in [1.165, 1.54) is 6.20 Å². The van der Waals surface area contributed by atoms with Gasteiger partial charge in [-0.15, -0.1) is 23.7 Å². The number of aromatic nitrogens is 1. The molecule has 0 aromatic carbocycles. The number of hydrogen-bond acceptors (Lipinski definition) is 4. The normalized spacial score (nSPS) is 10.2. The van der Waals surface area contributed by atoms with Crippen LogP contribution in [0.2, 0.25) is 0 Å². The molecule has 1 amide bonds. The van der Waals surface area contributed by atoms with Crippen molar-refractivity contribution in [2.75, 3.05) is 5.73 Å². The maximum atomic E-state index is 12.5. The lowest BCUT2D eigenvalue weighted by Gasteiger charge is -2.25. The summed E-state index contributed by atoms with van der Waals surface area (Å²) in [6.45, 7) is 4.62. The Morgan fingerprint density at radius 1 is 1.40 bits per heavy atom. The molecule has 0 saturated carbocycles. The Kier molecular flexibility index (Phi) is 5.98. The largest absolute Gasteiger partial charge is 0.397 e. The van der Waals surface area contributed by atoms with Gasteiger partial charge in [0.05, 0.1) is 18.4 Å². The minimum atomic E-state index is -0.0663. The van der Waals surface area contributed by atoms with Crippen LogP contribution in [0.25, 0.3) is 0 Å². The molecule has 0 aliphatic rings. The Bertz CT molecular complexity index is 540. The number of pyridine rings is 1. The summed E-state index contributed by atoms with van der Waals surface area (Å²) in [5.74, 6) is -0.0663. The standard InChI is InChI=1S/C14H17N3OS.ClH/c1-10(2)17(9-12-4-3-7-19-12)14(18)13-6-5-11(15)8-16-13;/h3-8,10H,9,15H2,1-2H3;1H. The molecule has 0 unspecified atom stereocenters.